The molecule has 1 aromatic heterocycles. The number of rotatable bonds is 11. The first kappa shape index (κ1) is 17.0. The van der Waals surface area contributed by atoms with E-state index >= 15 is 0 Å². The number of anilines is 2. The van der Waals surface area contributed by atoms with Crippen molar-refractivity contribution in [3.63, 3.8) is 0 Å². The fourth-order valence-electron chi connectivity index (χ4n) is 1.88. The summed E-state index contributed by atoms with van der Waals surface area (Å²) < 4.78 is 0. The molecule has 0 unspecified atom stereocenters. The molecule has 5 nitrogen and oxygen atoms in total. The van der Waals surface area contributed by atoms with Crippen LogP contribution in [0.3, 0.4) is 0 Å². The zero-order valence-corrected chi connectivity index (χ0v) is 13.3. The van der Waals surface area contributed by atoms with Crippen LogP contribution in [0.2, 0.25) is 0 Å². The van der Waals surface area contributed by atoms with Gasteiger partial charge < -0.3 is 15.7 Å². The van der Waals surface area contributed by atoms with Gasteiger partial charge in [0.05, 0.1) is 0 Å². The summed E-state index contributed by atoms with van der Waals surface area (Å²) in [5.74, 6) is 3.92. The number of aliphatic hydroxyl groups is 1. The Balaban J connectivity index is 2.52. The van der Waals surface area contributed by atoms with Crippen molar-refractivity contribution in [2.45, 2.75) is 33.1 Å². The van der Waals surface area contributed by atoms with Crippen molar-refractivity contribution in [1.82, 2.24) is 9.97 Å². The summed E-state index contributed by atoms with van der Waals surface area (Å²) in [5.41, 5.74) is 1.18. The molecule has 0 radical (unpaired) electrons. The fourth-order valence-corrected chi connectivity index (χ4v) is 2.67. The quantitative estimate of drug-likeness (QED) is 0.545. The maximum Gasteiger partial charge on any atom is 0.134 e. The van der Waals surface area contributed by atoms with Crippen LogP contribution >= 0.6 is 11.8 Å². The highest BCUT2D eigenvalue weighted by Crippen LogP contribution is 2.21. The molecular formula is C14H26N4OS. The van der Waals surface area contributed by atoms with Gasteiger partial charge >= 0.3 is 0 Å². The summed E-state index contributed by atoms with van der Waals surface area (Å²) in [7, 11) is 0. The number of nitrogens with zero attached hydrogens (tertiary/aromatic N) is 2. The van der Waals surface area contributed by atoms with Gasteiger partial charge in [0.15, 0.2) is 0 Å². The maximum atomic E-state index is 8.72. The number of hydrogen-bond donors (Lipinski definition) is 3. The fraction of sp³-hybridized carbons (Fsp3) is 0.714. The standard InChI is InChI=1S/C14H26N4OS/c1-3-6-12-13(15-4-2)17-11-18-14(12)16-7-10-20-9-5-8-19/h11,19H,3-10H2,1-2H3,(H2,15,16,17,18). The van der Waals surface area contributed by atoms with Crippen LogP contribution in [0.25, 0.3) is 0 Å². The van der Waals surface area contributed by atoms with Crippen LogP contribution in [0.5, 0.6) is 0 Å². The topological polar surface area (TPSA) is 70.1 Å². The largest absolute Gasteiger partial charge is 0.396 e. The van der Waals surface area contributed by atoms with Crippen LogP contribution in [-0.4, -0.2) is 46.3 Å². The molecule has 1 aromatic rings. The lowest BCUT2D eigenvalue weighted by Crippen LogP contribution is -2.12. The monoisotopic (exact) mass is 298 g/mol. The second-order valence-corrected chi connectivity index (χ2v) is 5.67. The predicted molar refractivity (Wildman–Crippen MR) is 87.7 cm³/mol. The van der Waals surface area contributed by atoms with Crippen LogP contribution in [-0.2, 0) is 6.42 Å². The van der Waals surface area contributed by atoms with Gasteiger partial charge in [-0.3, -0.25) is 0 Å². The van der Waals surface area contributed by atoms with Crippen LogP contribution in [0, 0.1) is 0 Å². The summed E-state index contributed by atoms with van der Waals surface area (Å²) in [6.45, 7) is 6.26. The summed E-state index contributed by atoms with van der Waals surface area (Å²) in [6.07, 6.45) is 4.52. The Labute approximate surface area is 126 Å². The highest BCUT2D eigenvalue weighted by atomic mass is 32.2. The lowest BCUT2D eigenvalue weighted by Gasteiger charge is -2.14. The molecule has 0 bridgehead atoms. The van der Waals surface area contributed by atoms with Crippen LogP contribution < -0.4 is 10.6 Å². The lowest BCUT2D eigenvalue weighted by atomic mass is 10.1. The molecule has 0 fully saturated rings. The molecule has 3 N–H and O–H groups in total. The SMILES string of the molecule is CCCc1c(NCC)ncnc1NCCSCCCO. The normalized spacial score (nSPS) is 10.6. The zero-order chi connectivity index (χ0) is 14.6. The van der Waals surface area contributed by atoms with Crippen LogP contribution in [0.4, 0.5) is 11.6 Å². The minimum absolute atomic E-state index is 0.277. The Kier molecular flexibility index (Phi) is 9.15. The van der Waals surface area contributed by atoms with Gasteiger partial charge in [-0.25, -0.2) is 9.97 Å². The number of aliphatic hydroxyl groups excluding tert-OH is 1. The molecule has 0 aliphatic rings. The molecule has 0 aliphatic heterocycles. The van der Waals surface area contributed by atoms with E-state index in [-0.39, 0.29) is 6.61 Å². The number of hydrogen-bond acceptors (Lipinski definition) is 6. The van der Waals surface area contributed by atoms with Gasteiger partial charge in [0, 0.05) is 31.0 Å². The van der Waals surface area contributed by atoms with Crippen LogP contribution in [0.15, 0.2) is 6.33 Å². The van der Waals surface area contributed by atoms with E-state index in [0.717, 1.165) is 55.5 Å². The van der Waals surface area contributed by atoms with Crippen molar-refractivity contribution in [3.05, 3.63) is 11.9 Å². The molecular weight excluding hydrogens is 272 g/mol. The maximum absolute atomic E-state index is 8.72. The van der Waals surface area contributed by atoms with Gasteiger partial charge in [-0.15, -0.1) is 0 Å². The first-order valence-corrected chi connectivity index (χ1v) is 8.49. The second-order valence-electron chi connectivity index (χ2n) is 4.45. The number of nitrogens with one attached hydrogen (secondary N) is 2. The van der Waals surface area contributed by atoms with Crippen LogP contribution in [0.1, 0.15) is 32.3 Å². The Hall–Kier alpha value is -1.01. The smallest absolute Gasteiger partial charge is 0.134 e. The molecule has 0 saturated carbocycles. The van der Waals surface area contributed by atoms with E-state index in [2.05, 4.69) is 34.4 Å². The van der Waals surface area contributed by atoms with Crippen molar-refractivity contribution in [3.8, 4) is 0 Å². The lowest BCUT2D eigenvalue weighted by molar-refractivity contribution is 0.296. The van der Waals surface area contributed by atoms with Gasteiger partial charge in [0.25, 0.3) is 0 Å². The highest BCUT2D eigenvalue weighted by Gasteiger charge is 2.09. The summed E-state index contributed by atoms with van der Waals surface area (Å²) in [6, 6.07) is 0. The molecule has 0 saturated heterocycles. The molecule has 114 valence electrons. The molecule has 0 aromatic carbocycles. The number of thioether (sulfide) groups is 1. The average molecular weight is 298 g/mol. The molecule has 0 atom stereocenters. The van der Waals surface area contributed by atoms with Gasteiger partial charge in [-0.05, 0) is 25.5 Å². The Morgan fingerprint density at radius 3 is 2.55 bits per heavy atom. The van der Waals surface area contributed by atoms with E-state index in [0.29, 0.717) is 0 Å². The van der Waals surface area contributed by atoms with Gasteiger partial charge in [0.2, 0.25) is 0 Å². The van der Waals surface area contributed by atoms with E-state index in [1.165, 1.54) is 5.56 Å². The summed E-state index contributed by atoms with van der Waals surface area (Å²) in [5, 5.41) is 15.4. The predicted octanol–water partition coefficient (Wildman–Crippen LogP) is 2.39. The molecule has 0 aliphatic carbocycles. The number of aromatic nitrogens is 2. The third kappa shape index (κ3) is 5.96. The van der Waals surface area contributed by atoms with E-state index in [4.69, 9.17) is 5.11 Å². The van der Waals surface area contributed by atoms with E-state index < -0.39 is 0 Å². The van der Waals surface area contributed by atoms with Gasteiger partial charge in [0.1, 0.15) is 18.0 Å². The van der Waals surface area contributed by atoms with Crippen molar-refractivity contribution in [2.75, 3.05) is 41.8 Å². The first-order valence-electron chi connectivity index (χ1n) is 7.33. The Morgan fingerprint density at radius 2 is 1.90 bits per heavy atom. The third-order valence-electron chi connectivity index (χ3n) is 2.78. The van der Waals surface area contributed by atoms with E-state index in [1.54, 1.807) is 6.33 Å². The second kappa shape index (κ2) is 10.7. The summed E-state index contributed by atoms with van der Waals surface area (Å²) in [4.78, 5) is 8.68. The van der Waals surface area contributed by atoms with Crippen molar-refractivity contribution in [1.29, 1.82) is 0 Å². The van der Waals surface area contributed by atoms with E-state index in [9.17, 15) is 0 Å². The minimum atomic E-state index is 0.277. The molecule has 1 rings (SSSR count). The minimum Gasteiger partial charge on any atom is -0.396 e. The highest BCUT2D eigenvalue weighted by molar-refractivity contribution is 7.99. The summed E-state index contributed by atoms with van der Waals surface area (Å²) >= 11 is 1.85. The Bertz CT molecular complexity index is 376. The molecule has 20 heavy (non-hydrogen) atoms. The van der Waals surface area contributed by atoms with Crippen molar-refractivity contribution >= 4 is 23.4 Å². The molecule has 0 amide bonds. The zero-order valence-electron chi connectivity index (χ0n) is 12.5. The van der Waals surface area contributed by atoms with E-state index in [1.807, 2.05) is 11.8 Å². The van der Waals surface area contributed by atoms with Gasteiger partial charge in [-0.2, -0.15) is 11.8 Å². The molecule has 1 heterocycles. The average Bonchev–Trinajstić information content (AvgIpc) is 2.46. The van der Waals surface area contributed by atoms with Crippen molar-refractivity contribution < 1.29 is 5.11 Å². The third-order valence-corrected chi connectivity index (χ3v) is 3.85. The first-order chi connectivity index (χ1) is 9.83. The molecule has 6 heteroatoms. The molecule has 0 spiro atoms. The van der Waals surface area contributed by atoms with Gasteiger partial charge in [-0.1, -0.05) is 13.3 Å². The Morgan fingerprint density at radius 1 is 1.15 bits per heavy atom. The van der Waals surface area contributed by atoms with Crippen molar-refractivity contribution in [2.24, 2.45) is 0 Å².